The molecule has 3 amide bonds. The van der Waals surface area contributed by atoms with Crippen molar-refractivity contribution < 1.29 is 18.4 Å². The van der Waals surface area contributed by atoms with Crippen molar-refractivity contribution in [1.29, 1.82) is 5.26 Å². The van der Waals surface area contributed by atoms with E-state index in [1.165, 1.54) is 19.3 Å². The summed E-state index contributed by atoms with van der Waals surface area (Å²) in [6.07, 6.45) is 5.07. The monoisotopic (exact) mass is 444 g/mol. The molecule has 2 saturated carbocycles. The molecule has 3 fully saturated rings. The first-order valence-electron chi connectivity index (χ1n) is 11.4. The third-order valence-corrected chi connectivity index (χ3v) is 7.27. The highest BCUT2D eigenvalue weighted by molar-refractivity contribution is 5.88. The van der Waals surface area contributed by atoms with Gasteiger partial charge < -0.3 is 15.5 Å². The lowest BCUT2D eigenvalue weighted by Gasteiger charge is -2.48. The van der Waals surface area contributed by atoms with E-state index in [2.05, 4.69) is 10.6 Å². The van der Waals surface area contributed by atoms with Crippen molar-refractivity contribution in [2.75, 3.05) is 13.1 Å². The number of likely N-dealkylation sites (tertiary alicyclic amines) is 1. The van der Waals surface area contributed by atoms with Crippen LogP contribution in [0.2, 0.25) is 0 Å². The lowest BCUT2D eigenvalue weighted by Crippen LogP contribution is -2.56. The van der Waals surface area contributed by atoms with Gasteiger partial charge in [0.15, 0.2) is 0 Å². The van der Waals surface area contributed by atoms with E-state index < -0.39 is 42.3 Å². The van der Waals surface area contributed by atoms with Crippen molar-refractivity contribution in [3.63, 3.8) is 0 Å². The number of amides is 3. The highest BCUT2D eigenvalue weighted by atomic mass is 19.3. The molecule has 3 aliphatic rings. The van der Waals surface area contributed by atoms with Crippen molar-refractivity contribution in [2.24, 2.45) is 5.41 Å². The van der Waals surface area contributed by atoms with Crippen LogP contribution in [0, 0.1) is 16.7 Å². The second kappa shape index (κ2) is 8.68. The highest BCUT2D eigenvalue weighted by Gasteiger charge is 2.47. The number of alkyl halides is 2. The van der Waals surface area contributed by atoms with Crippen LogP contribution in [0.5, 0.6) is 0 Å². The van der Waals surface area contributed by atoms with Gasteiger partial charge in [0.25, 0.3) is 5.92 Å². The van der Waals surface area contributed by atoms with Gasteiger partial charge in [0, 0.05) is 25.9 Å². The lowest BCUT2D eigenvalue weighted by atomic mass is 9.63. The zero-order valence-corrected chi connectivity index (χ0v) is 18.2. The number of nitrogens with one attached hydrogen (secondary N) is 2. The van der Waals surface area contributed by atoms with Crippen LogP contribution in [0.3, 0.4) is 0 Å². The standard InChI is InChI=1S/C24H30F2N4O2/c25-24(26,15-18-5-2-1-3-6-18)16-19(20(31)29-23(17-27)9-10-23)28-21(32)30-13-11-22(12-14-30)7-4-8-22/h1-3,5-6,19H,4,7-16H2,(H,28,32)(H,29,31). The van der Waals surface area contributed by atoms with E-state index in [9.17, 15) is 23.6 Å². The van der Waals surface area contributed by atoms with Crippen LogP contribution >= 0.6 is 0 Å². The van der Waals surface area contributed by atoms with Gasteiger partial charge in [-0.15, -0.1) is 0 Å². The molecule has 6 nitrogen and oxygen atoms in total. The molecule has 1 aliphatic heterocycles. The summed E-state index contributed by atoms with van der Waals surface area (Å²) >= 11 is 0. The second-order valence-corrected chi connectivity index (χ2v) is 9.75. The Bertz CT molecular complexity index is 881. The summed E-state index contributed by atoms with van der Waals surface area (Å²) in [7, 11) is 0. The number of hydrogen-bond acceptors (Lipinski definition) is 3. The molecule has 0 radical (unpaired) electrons. The van der Waals surface area contributed by atoms with Crippen molar-refractivity contribution >= 4 is 11.9 Å². The normalized spacial score (nSPS) is 21.7. The van der Waals surface area contributed by atoms with Gasteiger partial charge in [-0.2, -0.15) is 5.26 Å². The number of nitriles is 1. The molecule has 2 aliphatic carbocycles. The topological polar surface area (TPSA) is 85.2 Å². The molecule has 1 spiro atoms. The third kappa shape index (κ3) is 5.20. The number of nitrogens with zero attached hydrogens (tertiary/aromatic N) is 2. The smallest absolute Gasteiger partial charge is 0.318 e. The summed E-state index contributed by atoms with van der Waals surface area (Å²) in [5.74, 6) is -3.92. The summed E-state index contributed by atoms with van der Waals surface area (Å²) in [6.45, 7) is 1.14. The highest BCUT2D eigenvalue weighted by Crippen LogP contribution is 2.48. The van der Waals surface area contributed by atoms with Crippen LogP contribution in [-0.4, -0.2) is 47.4 Å². The van der Waals surface area contributed by atoms with E-state index in [4.69, 9.17) is 0 Å². The molecule has 172 valence electrons. The summed E-state index contributed by atoms with van der Waals surface area (Å²) in [5, 5.41) is 14.4. The molecule has 1 atom stereocenters. The number of halogens is 2. The van der Waals surface area contributed by atoms with Crippen LogP contribution in [0.15, 0.2) is 30.3 Å². The Kier molecular flexibility index (Phi) is 6.11. The Labute approximate surface area is 187 Å². The second-order valence-electron chi connectivity index (χ2n) is 9.75. The first kappa shape index (κ1) is 22.5. The Hall–Kier alpha value is -2.69. The molecule has 1 aromatic carbocycles. The van der Waals surface area contributed by atoms with Gasteiger partial charge in [0.1, 0.15) is 11.6 Å². The molecular weight excluding hydrogens is 414 g/mol. The van der Waals surface area contributed by atoms with Gasteiger partial charge >= 0.3 is 6.03 Å². The number of hydrogen-bond donors (Lipinski definition) is 2. The molecule has 1 unspecified atom stereocenters. The summed E-state index contributed by atoms with van der Waals surface area (Å²) in [5.41, 5.74) is -0.182. The van der Waals surface area contributed by atoms with Crippen molar-refractivity contribution in [1.82, 2.24) is 15.5 Å². The predicted octanol–water partition coefficient (Wildman–Crippen LogP) is 3.77. The van der Waals surface area contributed by atoms with Gasteiger partial charge in [-0.05, 0) is 49.5 Å². The minimum Gasteiger partial charge on any atom is -0.336 e. The molecule has 1 aromatic rings. The Morgan fingerprint density at radius 2 is 1.75 bits per heavy atom. The fraction of sp³-hybridized carbons (Fsp3) is 0.625. The summed E-state index contributed by atoms with van der Waals surface area (Å²) in [4.78, 5) is 27.3. The maximum absolute atomic E-state index is 14.9. The summed E-state index contributed by atoms with van der Waals surface area (Å²) in [6, 6.07) is 8.49. The first-order valence-corrected chi connectivity index (χ1v) is 11.4. The van der Waals surface area contributed by atoms with Gasteiger partial charge in [-0.1, -0.05) is 36.8 Å². The molecule has 8 heteroatoms. The van der Waals surface area contributed by atoms with E-state index in [1.54, 1.807) is 35.2 Å². The van der Waals surface area contributed by atoms with Crippen LogP contribution < -0.4 is 10.6 Å². The van der Waals surface area contributed by atoms with E-state index in [0.717, 1.165) is 12.8 Å². The van der Waals surface area contributed by atoms with Gasteiger partial charge in [-0.3, -0.25) is 4.79 Å². The summed E-state index contributed by atoms with van der Waals surface area (Å²) < 4.78 is 29.8. The lowest BCUT2D eigenvalue weighted by molar-refractivity contribution is -0.126. The fourth-order valence-electron chi connectivity index (χ4n) is 4.79. The number of piperidine rings is 1. The van der Waals surface area contributed by atoms with Crippen molar-refractivity contribution in [2.45, 2.75) is 75.3 Å². The quantitative estimate of drug-likeness (QED) is 0.671. The maximum atomic E-state index is 14.9. The molecule has 1 heterocycles. The third-order valence-electron chi connectivity index (χ3n) is 7.27. The Morgan fingerprint density at radius 1 is 1.09 bits per heavy atom. The first-order chi connectivity index (χ1) is 15.2. The van der Waals surface area contributed by atoms with Gasteiger partial charge in [0.05, 0.1) is 6.07 Å². The molecule has 1 saturated heterocycles. The average Bonchev–Trinajstić information content (AvgIpc) is 3.52. The fourth-order valence-corrected chi connectivity index (χ4v) is 4.79. The van der Waals surface area contributed by atoms with Crippen LogP contribution in [-0.2, 0) is 11.2 Å². The van der Waals surface area contributed by atoms with Crippen LogP contribution in [0.4, 0.5) is 13.6 Å². The minimum absolute atomic E-state index is 0.349. The van der Waals surface area contributed by atoms with Crippen molar-refractivity contribution in [3.8, 4) is 6.07 Å². The molecular formula is C24H30F2N4O2. The van der Waals surface area contributed by atoms with Gasteiger partial charge in [-0.25, -0.2) is 13.6 Å². The molecule has 0 aromatic heterocycles. The number of benzene rings is 1. The van der Waals surface area contributed by atoms with Gasteiger partial charge in [0.2, 0.25) is 5.91 Å². The molecule has 0 bridgehead atoms. The number of carbonyl (C=O) groups is 2. The van der Waals surface area contributed by atoms with Crippen LogP contribution in [0.1, 0.15) is 56.9 Å². The Balaban J connectivity index is 1.41. The zero-order chi connectivity index (χ0) is 22.8. The zero-order valence-electron chi connectivity index (χ0n) is 18.2. The minimum atomic E-state index is -3.20. The van der Waals surface area contributed by atoms with E-state index in [-0.39, 0.29) is 0 Å². The predicted molar refractivity (Wildman–Crippen MR) is 115 cm³/mol. The SMILES string of the molecule is N#CC1(NC(=O)C(CC(F)(F)Cc2ccccc2)NC(=O)N2CCC3(CCC3)CC2)CC1. The van der Waals surface area contributed by atoms with E-state index >= 15 is 0 Å². The molecule has 32 heavy (non-hydrogen) atoms. The Morgan fingerprint density at radius 3 is 2.28 bits per heavy atom. The maximum Gasteiger partial charge on any atom is 0.318 e. The van der Waals surface area contributed by atoms with E-state index in [0.29, 0.717) is 36.9 Å². The number of rotatable bonds is 7. The number of carbonyl (C=O) groups excluding carboxylic acids is 2. The molecule has 2 N–H and O–H groups in total. The average molecular weight is 445 g/mol. The molecule has 4 rings (SSSR count). The number of urea groups is 1. The van der Waals surface area contributed by atoms with Crippen LogP contribution in [0.25, 0.3) is 0 Å². The van der Waals surface area contributed by atoms with E-state index in [1.807, 2.05) is 6.07 Å². The largest absolute Gasteiger partial charge is 0.336 e. The van der Waals surface area contributed by atoms with Crippen molar-refractivity contribution in [3.05, 3.63) is 35.9 Å².